The molecule has 1 aliphatic heterocycles. The van der Waals surface area contributed by atoms with Crippen LogP contribution in [0, 0.1) is 12.8 Å². The molecule has 6 nitrogen and oxygen atoms in total. The van der Waals surface area contributed by atoms with Crippen molar-refractivity contribution < 1.29 is 17.9 Å². The molecule has 2 aromatic carbocycles. The standard InChI is InChI=1S/C26H36N2O4S/c1-20-5-7-21(8-6-20)19-33(30,31)28-16-13-22(14-17-28)25(29)27-15-18-32-24-11-9-23(10-12-24)26(2,3)4/h5-12,22H,13-19H2,1-4H3,(H,27,29). The Kier molecular flexibility index (Phi) is 8.19. The maximum absolute atomic E-state index is 12.7. The molecule has 3 rings (SSSR count). The second-order valence-corrected chi connectivity index (χ2v) is 11.8. The molecule has 0 atom stereocenters. The highest BCUT2D eigenvalue weighted by molar-refractivity contribution is 7.88. The Hall–Kier alpha value is -2.38. The van der Waals surface area contributed by atoms with Crippen LogP contribution in [0.2, 0.25) is 0 Å². The number of carbonyl (C=O) groups is 1. The minimum atomic E-state index is -3.38. The number of ether oxygens (including phenoxy) is 1. The molecule has 0 aromatic heterocycles. The van der Waals surface area contributed by atoms with E-state index in [9.17, 15) is 13.2 Å². The number of benzene rings is 2. The number of amides is 1. The molecule has 0 bridgehead atoms. The molecular formula is C26H36N2O4S. The summed E-state index contributed by atoms with van der Waals surface area (Å²) >= 11 is 0. The number of nitrogens with zero attached hydrogens (tertiary/aromatic N) is 1. The molecule has 1 saturated heterocycles. The fraction of sp³-hybridized carbons (Fsp3) is 0.500. The van der Waals surface area contributed by atoms with Crippen LogP contribution in [0.4, 0.5) is 0 Å². The summed E-state index contributed by atoms with van der Waals surface area (Å²) in [6.07, 6.45) is 1.07. The minimum absolute atomic E-state index is 0.00177. The van der Waals surface area contributed by atoms with Crippen LogP contribution in [0.15, 0.2) is 48.5 Å². The molecule has 2 aromatic rings. The molecule has 0 saturated carbocycles. The van der Waals surface area contributed by atoms with Gasteiger partial charge in [-0.25, -0.2) is 12.7 Å². The molecule has 1 heterocycles. The number of hydrogen-bond acceptors (Lipinski definition) is 4. The monoisotopic (exact) mass is 472 g/mol. The van der Waals surface area contributed by atoms with Gasteiger partial charge in [-0.1, -0.05) is 62.7 Å². The van der Waals surface area contributed by atoms with Crippen LogP contribution in [0.1, 0.15) is 50.3 Å². The molecule has 7 heteroatoms. The van der Waals surface area contributed by atoms with Gasteiger partial charge in [0.25, 0.3) is 0 Å². The molecule has 1 amide bonds. The van der Waals surface area contributed by atoms with Gasteiger partial charge in [-0.15, -0.1) is 0 Å². The Balaban J connectivity index is 1.39. The fourth-order valence-corrected chi connectivity index (χ4v) is 5.48. The zero-order chi connectivity index (χ0) is 24.1. The predicted molar refractivity (Wildman–Crippen MR) is 132 cm³/mol. The summed E-state index contributed by atoms with van der Waals surface area (Å²) in [6, 6.07) is 15.6. The quantitative estimate of drug-likeness (QED) is 0.589. The molecular weight excluding hydrogens is 436 g/mol. The van der Waals surface area contributed by atoms with Gasteiger partial charge in [0, 0.05) is 19.0 Å². The van der Waals surface area contributed by atoms with Gasteiger partial charge in [0.15, 0.2) is 0 Å². The van der Waals surface area contributed by atoms with E-state index in [1.54, 1.807) is 0 Å². The van der Waals surface area contributed by atoms with Crippen molar-refractivity contribution in [3.63, 3.8) is 0 Å². The average Bonchev–Trinajstić information content (AvgIpc) is 2.78. The highest BCUT2D eigenvalue weighted by Gasteiger charge is 2.31. The first-order valence-electron chi connectivity index (χ1n) is 11.6. The van der Waals surface area contributed by atoms with Crippen LogP contribution in [0.5, 0.6) is 5.75 Å². The third-order valence-corrected chi connectivity index (χ3v) is 7.93. The Morgan fingerprint density at radius 2 is 1.64 bits per heavy atom. The number of carbonyl (C=O) groups excluding carboxylic acids is 1. The first-order chi connectivity index (χ1) is 15.5. The first-order valence-corrected chi connectivity index (χ1v) is 13.2. The van der Waals surface area contributed by atoms with E-state index in [-0.39, 0.29) is 23.0 Å². The summed E-state index contributed by atoms with van der Waals surface area (Å²) in [5.41, 5.74) is 3.23. The normalized spacial score (nSPS) is 15.9. The van der Waals surface area contributed by atoms with E-state index in [2.05, 4.69) is 38.2 Å². The van der Waals surface area contributed by atoms with Gasteiger partial charge in [0.2, 0.25) is 15.9 Å². The Labute approximate surface area is 198 Å². The van der Waals surface area contributed by atoms with Crippen molar-refractivity contribution in [3.05, 3.63) is 65.2 Å². The lowest BCUT2D eigenvalue weighted by Gasteiger charge is -2.30. The zero-order valence-corrected chi connectivity index (χ0v) is 21.0. The largest absolute Gasteiger partial charge is 0.492 e. The zero-order valence-electron chi connectivity index (χ0n) is 20.1. The van der Waals surface area contributed by atoms with Gasteiger partial charge >= 0.3 is 0 Å². The van der Waals surface area contributed by atoms with Crippen molar-refractivity contribution >= 4 is 15.9 Å². The second kappa shape index (κ2) is 10.7. The van der Waals surface area contributed by atoms with E-state index < -0.39 is 10.0 Å². The number of rotatable bonds is 8. The van der Waals surface area contributed by atoms with Crippen LogP contribution < -0.4 is 10.1 Å². The summed E-state index contributed by atoms with van der Waals surface area (Å²) in [5.74, 6) is 0.585. The van der Waals surface area contributed by atoms with E-state index in [0.717, 1.165) is 16.9 Å². The number of hydrogen-bond donors (Lipinski definition) is 1. The smallest absolute Gasteiger partial charge is 0.223 e. The third-order valence-electron chi connectivity index (χ3n) is 6.08. The summed E-state index contributed by atoms with van der Waals surface area (Å²) in [5, 5.41) is 2.93. The number of nitrogens with one attached hydrogen (secondary N) is 1. The number of piperidine rings is 1. The van der Waals surface area contributed by atoms with Crippen LogP contribution in [0.3, 0.4) is 0 Å². The second-order valence-electron chi connectivity index (χ2n) is 9.83. The van der Waals surface area contributed by atoms with Gasteiger partial charge in [-0.3, -0.25) is 4.79 Å². The van der Waals surface area contributed by atoms with Crippen LogP contribution >= 0.6 is 0 Å². The van der Waals surface area contributed by atoms with E-state index in [1.165, 1.54) is 9.87 Å². The molecule has 1 fully saturated rings. The van der Waals surface area contributed by atoms with Crippen molar-refractivity contribution in [2.24, 2.45) is 5.92 Å². The van der Waals surface area contributed by atoms with Gasteiger partial charge in [0.05, 0.1) is 12.3 Å². The van der Waals surface area contributed by atoms with Crippen LogP contribution in [-0.4, -0.2) is 44.9 Å². The molecule has 33 heavy (non-hydrogen) atoms. The van der Waals surface area contributed by atoms with Gasteiger partial charge in [-0.2, -0.15) is 0 Å². The van der Waals surface area contributed by atoms with E-state index in [0.29, 0.717) is 39.1 Å². The topological polar surface area (TPSA) is 75.7 Å². The molecule has 0 radical (unpaired) electrons. The van der Waals surface area contributed by atoms with Gasteiger partial charge in [0.1, 0.15) is 12.4 Å². The van der Waals surface area contributed by atoms with Crippen molar-refractivity contribution in [3.8, 4) is 5.75 Å². The van der Waals surface area contributed by atoms with Crippen LogP contribution in [0.25, 0.3) is 0 Å². The maximum atomic E-state index is 12.7. The predicted octanol–water partition coefficient (Wildman–Crippen LogP) is 4.03. The van der Waals surface area contributed by atoms with E-state index >= 15 is 0 Å². The Bertz CT molecular complexity index is 1020. The Morgan fingerprint density at radius 1 is 1.03 bits per heavy atom. The van der Waals surface area contributed by atoms with E-state index in [4.69, 9.17) is 4.74 Å². The lowest BCUT2D eigenvalue weighted by atomic mass is 9.87. The molecule has 0 unspecified atom stereocenters. The highest BCUT2D eigenvalue weighted by atomic mass is 32.2. The Morgan fingerprint density at radius 3 is 2.21 bits per heavy atom. The summed E-state index contributed by atoms with van der Waals surface area (Å²) in [4.78, 5) is 12.5. The summed E-state index contributed by atoms with van der Waals surface area (Å²) in [7, 11) is -3.38. The third kappa shape index (κ3) is 7.30. The molecule has 1 N–H and O–H groups in total. The lowest BCUT2D eigenvalue weighted by Crippen LogP contribution is -2.43. The van der Waals surface area contributed by atoms with Gasteiger partial charge < -0.3 is 10.1 Å². The first kappa shape index (κ1) is 25.2. The molecule has 0 spiro atoms. The maximum Gasteiger partial charge on any atom is 0.223 e. The molecule has 180 valence electrons. The van der Waals surface area contributed by atoms with Crippen LogP contribution in [-0.2, 0) is 26.0 Å². The van der Waals surface area contributed by atoms with Crippen molar-refractivity contribution in [2.45, 2.75) is 51.7 Å². The number of sulfonamides is 1. The highest BCUT2D eigenvalue weighted by Crippen LogP contribution is 2.24. The average molecular weight is 473 g/mol. The summed E-state index contributed by atoms with van der Waals surface area (Å²) < 4.78 is 32.7. The lowest BCUT2D eigenvalue weighted by molar-refractivity contribution is -0.126. The van der Waals surface area contributed by atoms with Crippen molar-refractivity contribution in [1.82, 2.24) is 9.62 Å². The van der Waals surface area contributed by atoms with E-state index in [1.807, 2.05) is 43.3 Å². The van der Waals surface area contributed by atoms with Crippen molar-refractivity contribution in [2.75, 3.05) is 26.2 Å². The molecule has 1 aliphatic rings. The fourth-order valence-electron chi connectivity index (χ4n) is 3.92. The number of aryl methyl sites for hydroxylation is 1. The SMILES string of the molecule is Cc1ccc(CS(=O)(=O)N2CCC(C(=O)NCCOc3ccc(C(C)(C)C)cc3)CC2)cc1. The summed E-state index contributed by atoms with van der Waals surface area (Å²) in [6.45, 7) is 10.1. The van der Waals surface area contributed by atoms with Crippen molar-refractivity contribution in [1.29, 1.82) is 0 Å². The molecule has 0 aliphatic carbocycles. The van der Waals surface area contributed by atoms with Gasteiger partial charge in [-0.05, 0) is 48.4 Å². The minimum Gasteiger partial charge on any atom is -0.492 e.